The van der Waals surface area contributed by atoms with E-state index in [4.69, 9.17) is 19.9 Å². The van der Waals surface area contributed by atoms with Crippen LogP contribution < -0.4 is 0 Å². The molecule has 8 aromatic rings. The van der Waals surface area contributed by atoms with Gasteiger partial charge in [-0.25, -0.2) is 15.0 Å². The first-order valence-electron chi connectivity index (χ1n) is 13.1. The van der Waals surface area contributed by atoms with E-state index in [0.29, 0.717) is 11.5 Å². The van der Waals surface area contributed by atoms with Gasteiger partial charge >= 0.3 is 0 Å². The van der Waals surface area contributed by atoms with E-state index in [-0.39, 0.29) is 0 Å². The maximum absolute atomic E-state index is 5.14. The van der Waals surface area contributed by atoms with Gasteiger partial charge in [0.25, 0.3) is 0 Å². The minimum Gasteiger partial charge on any atom is -0.254 e. The van der Waals surface area contributed by atoms with Crippen LogP contribution in [0.2, 0.25) is 0 Å². The van der Waals surface area contributed by atoms with Crippen LogP contribution in [0, 0.1) is 0 Å². The van der Waals surface area contributed by atoms with E-state index in [1.54, 1.807) is 0 Å². The second-order valence-corrected chi connectivity index (χ2v) is 9.65. The SMILES string of the molecule is c1ccc2nnc(-c3nc(-c4nccc5ccccc45)c4c(-c5ccc6ccccc6n5)cccc4n3)cc2c1. The maximum atomic E-state index is 5.14. The van der Waals surface area contributed by atoms with Gasteiger partial charge in [0.15, 0.2) is 5.82 Å². The molecule has 4 heterocycles. The molecule has 4 aromatic heterocycles. The monoisotopic (exact) mass is 512 g/mol. The summed E-state index contributed by atoms with van der Waals surface area (Å²) in [6.45, 7) is 0. The highest BCUT2D eigenvalue weighted by Gasteiger charge is 2.19. The predicted molar refractivity (Wildman–Crippen MR) is 160 cm³/mol. The molecule has 0 fully saturated rings. The Morgan fingerprint density at radius 2 is 1.23 bits per heavy atom. The van der Waals surface area contributed by atoms with Crippen molar-refractivity contribution in [3.05, 3.63) is 121 Å². The van der Waals surface area contributed by atoms with Crippen molar-refractivity contribution in [3.8, 4) is 34.2 Å². The van der Waals surface area contributed by atoms with Gasteiger partial charge < -0.3 is 0 Å². The van der Waals surface area contributed by atoms with Gasteiger partial charge in [-0.2, -0.15) is 0 Å². The first kappa shape index (κ1) is 22.4. The molecular formula is C34H20N6. The fraction of sp³-hybridized carbons (Fsp3) is 0. The zero-order valence-electron chi connectivity index (χ0n) is 21.2. The summed E-state index contributed by atoms with van der Waals surface area (Å²) in [4.78, 5) is 20.0. The summed E-state index contributed by atoms with van der Waals surface area (Å²) >= 11 is 0. The molecule has 0 bridgehead atoms. The molecule has 6 nitrogen and oxygen atoms in total. The highest BCUT2D eigenvalue weighted by molar-refractivity contribution is 6.08. The number of fused-ring (bicyclic) bond motifs is 4. The number of nitrogens with zero attached hydrogens (tertiary/aromatic N) is 6. The highest BCUT2D eigenvalue weighted by atomic mass is 15.1. The number of hydrogen-bond donors (Lipinski definition) is 0. The minimum absolute atomic E-state index is 0.499. The zero-order chi connectivity index (χ0) is 26.5. The van der Waals surface area contributed by atoms with Crippen molar-refractivity contribution in [2.75, 3.05) is 0 Å². The summed E-state index contributed by atoms with van der Waals surface area (Å²) in [6, 6.07) is 38.5. The smallest absolute Gasteiger partial charge is 0.181 e. The quantitative estimate of drug-likeness (QED) is 0.242. The fourth-order valence-corrected chi connectivity index (χ4v) is 5.30. The fourth-order valence-electron chi connectivity index (χ4n) is 5.30. The lowest BCUT2D eigenvalue weighted by atomic mass is 9.98. The van der Waals surface area contributed by atoms with Gasteiger partial charge in [-0.05, 0) is 41.8 Å². The third kappa shape index (κ3) is 3.66. The third-order valence-corrected chi connectivity index (χ3v) is 7.22. The van der Waals surface area contributed by atoms with Crippen molar-refractivity contribution in [1.82, 2.24) is 30.1 Å². The van der Waals surface area contributed by atoms with Crippen LogP contribution in [-0.4, -0.2) is 30.1 Å². The molecule has 0 saturated carbocycles. The van der Waals surface area contributed by atoms with E-state index < -0.39 is 0 Å². The molecule has 0 saturated heterocycles. The summed E-state index contributed by atoms with van der Waals surface area (Å²) < 4.78 is 0. The lowest BCUT2D eigenvalue weighted by Crippen LogP contribution is -2.01. The molecule has 0 aliphatic carbocycles. The molecule has 6 heteroatoms. The van der Waals surface area contributed by atoms with Crippen molar-refractivity contribution in [1.29, 1.82) is 0 Å². The number of pyridine rings is 2. The van der Waals surface area contributed by atoms with Gasteiger partial charge in [0.1, 0.15) is 11.4 Å². The van der Waals surface area contributed by atoms with E-state index in [0.717, 1.165) is 66.1 Å². The molecule has 8 rings (SSSR count). The van der Waals surface area contributed by atoms with E-state index >= 15 is 0 Å². The average Bonchev–Trinajstić information content (AvgIpc) is 3.03. The van der Waals surface area contributed by atoms with Crippen LogP contribution >= 0.6 is 0 Å². The van der Waals surface area contributed by atoms with Crippen molar-refractivity contribution in [3.63, 3.8) is 0 Å². The van der Waals surface area contributed by atoms with Crippen molar-refractivity contribution >= 4 is 43.5 Å². The Labute approximate surface area is 229 Å². The van der Waals surface area contributed by atoms with Crippen LogP contribution in [0.15, 0.2) is 121 Å². The lowest BCUT2D eigenvalue weighted by molar-refractivity contribution is 1.05. The normalized spacial score (nSPS) is 11.5. The number of para-hydroxylation sites is 1. The zero-order valence-corrected chi connectivity index (χ0v) is 21.2. The number of rotatable bonds is 3. The molecule has 0 unspecified atom stereocenters. The Hall–Kier alpha value is -5.62. The van der Waals surface area contributed by atoms with Gasteiger partial charge in [0.2, 0.25) is 0 Å². The van der Waals surface area contributed by atoms with Gasteiger partial charge in [0, 0.05) is 33.3 Å². The van der Waals surface area contributed by atoms with Crippen molar-refractivity contribution < 1.29 is 0 Å². The van der Waals surface area contributed by atoms with Crippen molar-refractivity contribution in [2.45, 2.75) is 0 Å². The molecule has 0 atom stereocenters. The summed E-state index contributed by atoms with van der Waals surface area (Å²) in [5.74, 6) is 0.499. The lowest BCUT2D eigenvalue weighted by Gasteiger charge is -2.14. The molecule has 0 aliphatic heterocycles. The summed E-state index contributed by atoms with van der Waals surface area (Å²) in [7, 11) is 0. The van der Waals surface area contributed by atoms with Crippen LogP contribution in [-0.2, 0) is 0 Å². The van der Waals surface area contributed by atoms with Crippen molar-refractivity contribution in [2.24, 2.45) is 0 Å². The molecule has 0 N–H and O–H groups in total. The first-order valence-corrected chi connectivity index (χ1v) is 13.1. The van der Waals surface area contributed by atoms with Gasteiger partial charge in [-0.15, -0.1) is 10.2 Å². The molecule has 0 radical (unpaired) electrons. The van der Waals surface area contributed by atoms with Crippen LogP contribution in [0.5, 0.6) is 0 Å². The van der Waals surface area contributed by atoms with Crippen LogP contribution in [0.3, 0.4) is 0 Å². The molecule has 0 aliphatic rings. The molecule has 186 valence electrons. The Balaban J connectivity index is 1.45. The summed E-state index contributed by atoms with van der Waals surface area (Å²) in [6.07, 6.45) is 1.83. The van der Waals surface area contributed by atoms with Crippen LogP contribution in [0.1, 0.15) is 0 Å². The number of hydrogen-bond acceptors (Lipinski definition) is 6. The van der Waals surface area contributed by atoms with E-state index in [1.165, 1.54) is 0 Å². The van der Waals surface area contributed by atoms with E-state index in [1.807, 2.05) is 85.1 Å². The summed E-state index contributed by atoms with van der Waals surface area (Å²) in [5, 5.41) is 14.0. The van der Waals surface area contributed by atoms with E-state index in [2.05, 4.69) is 46.6 Å². The molecule has 40 heavy (non-hydrogen) atoms. The Morgan fingerprint density at radius 3 is 2.15 bits per heavy atom. The topological polar surface area (TPSA) is 77.3 Å². The van der Waals surface area contributed by atoms with E-state index in [9.17, 15) is 0 Å². The molecule has 0 amide bonds. The summed E-state index contributed by atoms with van der Waals surface area (Å²) in [5.41, 5.74) is 6.48. The molecular weight excluding hydrogens is 492 g/mol. The minimum atomic E-state index is 0.499. The van der Waals surface area contributed by atoms with Crippen LogP contribution in [0.25, 0.3) is 77.6 Å². The third-order valence-electron chi connectivity index (χ3n) is 7.22. The Morgan fingerprint density at radius 1 is 0.450 bits per heavy atom. The number of aromatic nitrogens is 6. The first-order chi connectivity index (χ1) is 19.8. The second-order valence-electron chi connectivity index (χ2n) is 9.65. The molecule has 0 spiro atoms. The maximum Gasteiger partial charge on any atom is 0.181 e. The highest BCUT2D eigenvalue weighted by Crippen LogP contribution is 2.37. The van der Waals surface area contributed by atoms with Gasteiger partial charge in [-0.1, -0.05) is 78.9 Å². The number of benzene rings is 4. The standard InChI is InChI=1S/C34H20N6/c1-4-11-24-21(8-1)18-19-35-32(24)33-31-25(28-17-16-22-9-2-5-13-26(22)36-28)12-7-15-29(31)37-34(38-33)30-20-23-10-3-6-14-27(23)39-40-30/h1-20H. The Kier molecular flexibility index (Phi) is 5.03. The Bertz CT molecular complexity index is 2240. The molecule has 4 aromatic carbocycles. The van der Waals surface area contributed by atoms with Gasteiger partial charge in [-0.3, -0.25) is 4.98 Å². The van der Waals surface area contributed by atoms with Crippen LogP contribution in [0.4, 0.5) is 0 Å². The largest absolute Gasteiger partial charge is 0.254 e. The average molecular weight is 513 g/mol. The van der Waals surface area contributed by atoms with Gasteiger partial charge in [0.05, 0.1) is 27.9 Å². The predicted octanol–water partition coefficient (Wildman–Crippen LogP) is 7.67. The second kappa shape index (κ2) is 8.99.